The Morgan fingerprint density at radius 3 is 2.94 bits per heavy atom. The Hall–Kier alpha value is -1.62. The first-order valence-electron chi connectivity index (χ1n) is 6.19. The number of aromatic nitrogens is 1. The van der Waals surface area contributed by atoms with Gasteiger partial charge in [-0.2, -0.15) is 0 Å². The third kappa shape index (κ3) is 3.20. The average Bonchev–Trinajstić information content (AvgIpc) is 2.39. The summed E-state index contributed by atoms with van der Waals surface area (Å²) in [6.07, 6.45) is 6.25. The lowest BCUT2D eigenvalue weighted by atomic mass is 9.95. The SMILES string of the molecule is COC1CCCC(Oc2ccnc(C(=N)N)c2)C1. The van der Waals surface area contributed by atoms with E-state index in [9.17, 15) is 0 Å². The molecular weight excluding hydrogens is 230 g/mol. The van der Waals surface area contributed by atoms with Gasteiger partial charge >= 0.3 is 0 Å². The molecule has 5 heteroatoms. The standard InChI is InChI=1S/C13H19N3O2/c1-17-9-3-2-4-10(7-9)18-11-5-6-16-12(8-11)13(14)15/h5-6,8-10H,2-4,7H2,1H3,(H3,14,15). The second-order valence-corrected chi connectivity index (χ2v) is 4.55. The minimum Gasteiger partial charge on any atom is -0.490 e. The molecule has 0 radical (unpaired) electrons. The maximum atomic E-state index is 7.35. The molecule has 18 heavy (non-hydrogen) atoms. The van der Waals surface area contributed by atoms with Gasteiger partial charge in [-0.1, -0.05) is 0 Å². The zero-order valence-electron chi connectivity index (χ0n) is 10.6. The van der Waals surface area contributed by atoms with Crippen molar-refractivity contribution in [2.75, 3.05) is 7.11 Å². The zero-order chi connectivity index (χ0) is 13.0. The molecule has 0 saturated heterocycles. The first kappa shape index (κ1) is 12.8. The lowest BCUT2D eigenvalue weighted by Crippen LogP contribution is -2.29. The van der Waals surface area contributed by atoms with Crippen LogP contribution >= 0.6 is 0 Å². The normalized spacial score (nSPS) is 23.6. The summed E-state index contributed by atoms with van der Waals surface area (Å²) in [7, 11) is 1.74. The fraction of sp³-hybridized carbons (Fsp3) is 0.538. The van der Waals surface area contributed by atoms with Gasteiger partial charge < -0.3 is 15.2 Å². The van der Waals surface area contributed by atoms with Crippen molar-refractivity contribution >= 4 is 5.84 Å². The highest BCUT2D eigenvalue weighted by atomic mass is 16.5. The Bertz CT molecular complexity index is 422. The summed E-state index contributed by atoms with van der Waals surface area (Å²) >= 11 is 0. The quantitative estimate of drug-likeness (QED) is 0.628. The fourth-order valence-electron chi connectivity index (χ4n) is 2.25. The number of methoxy groups -OCH3 is 1. The van der Waals surface area contributed by atoms with Crippen LogP contribution in [0.25, 0.3) is 0 Å². The number of ether oxygens (including phenoxy) is 2. The smallest absolute Gasteiger partial charge is 0.141 e. The van der Waals surface area contributed by atoms with E-state index in [1.165, 1.54) is 0 Å². The molecule has 1 aromatic rings. The first-order chi connectivity index (χ1) is 8.69. The largest absolute Gasteiger partial charge is 0.490 e. The van der Waals surface area contributed by atoms with E-state index < -0.39 is 0 Å². The Morgan fingerprint density at radius 2 is 2.22 bits per heavy atom. The van der Waals surface area contributed by atoms with E-state index in [0.717, 1.165) is 31.4 Å². The lowest BCUT2D eigenvalue weighted by Gasteiger charge is -2.28. The summed E-state index contributed by atoms with van der Waals surface area (Å²) in [6.45, 7) is 0. The van der Waals surface area contributed by atoms with Crippen molar-refractivity contribution in [3.8, 4) is 5.75 Å². The second kappa shape index (κ2) is 5.82. The Morgan fingerprint density at radius 1 is 1.44 bits per heavy atom. The summed E-state index contributed by atoms with van der Waals surface area (Å²) in [5, 5.41) is 7.35. The van der Waals surface area contributed by atoms with Crippen LogP contribution in [0.5, 0.6) is 5.75 Å². The third-order valence-corrected chi connectivity index (χ3v) is 3.22. The van der Waals surface area contributed by atoms with E-state index in [-0.39, 0.29) is 18.0 Å². The summed E-state index contributed by atoms with van der Waals surface area (Å²) in [6, 6.07) is 3.50. The third-order valence-electron chi connectivity index (χ3n) is 3.22. The number of hydrogen-bond acceptors (Lipinski definition) is 4. The molecular formula is C13H19N3O2. The van der Waals surface area contributed by atoms with E-state index in [4.69, 9.17) is 20.6 Å². The van der Waals surface area contributed by atoms with Gasteiger partial charge in [0.25, 0.3) is 0 Å². The molecule has 5 nitrogen and oxygen atoms in total. The van der Waals surface area contributed by atoms with E-state index in [1.54, 1.807) is 25.4 Å². The number of nitrogens with zero attached hydrogens (tertiary/aromatic N) is 1. The number of nitrogen functional groups attached to an aromatic ring is 1. The minimum absolute atomic E-state index is 0.0427. The fourth-order valence-corrected chi connectivity index (χ4v) is 2.25. The van der Waals surface area contributed by atoms with Crippen molar-refractivity contribution in [2.45, 2.75) is 37.9 Å². The van der Waals surface area contributed by atoms with Crippen LogP contribution in [0.4, 0.5) is 0 Å². The van der Waals surface area contributed by atoms with Crippen molar-refractivity contribution < 1.29 is 9.47 Å². The summed E-state index contributed by atoms with van der Waals surface area (Å²) in [5.74, 6) is 0.677. The van der Waals surface area contributed by atoms with Gasteiger partial charge in [0.2, 0.25) is 0 Å². The van der Waals surface area contributed by atoms with Crippen LogP contribution in [0.15, 0.2) is 18.3 Å². The van der Waals surface area contributed by atoms with Crippen LogP contribution in [-0.2, 0) is 4.74 Å². The van der Waals surface area contributed by atoms with Crippen LogP contribution in [0.2, 0.25) is 0 Å². The van der Waals surface area contributed by atoms with Crippen molar-refractivity contribution in [1.82, 2.24) is 4.98 Å². The van der Waals surface area contributed by atoms with Gasteiger partial charge in [-0.05, 0) is 25.3 Å². The maximum absolute atomic E-state index is 7.35. The summed E-state index contributed by atoms with van der Waals surface area (Å²) in [4.78, 5) is 4.01. The predicted molar refractivity (Wildman–Crippen MR) is 68.9 cm³/mol. The zero-order valence-corrected chi connectivity index (χ0v) is 10.6. The van der Waals surface area contributed by atoms with Crippen LogP contribution in [-0.4, -0.2) is 30.1 Å². The van der Waals surface area contributed by atoms with Crippen molar-refractivity contribution in [1.29, 1.82) is 5.41 Å². The number of nitrogens with two attached hydrogens (primary N) is 1. The molecule has 0 spiro atoms. The first-order valence-corrected chi connectivity index (χ1v) is 6.19. The van der Waals surface area contributed by atoms with Crippen LogP contribution in [0.1, 0.15) is 31.4 Å². The molecule has 2 rings (SSSR count). The summed E-state index contributed by atoms with van der Waals surface area (Å²) in [5.41, 5.74) is 5.86. The Labute approximate surface area is 107 Å². The Balaban J connectivity index is 2.00. The molecule has 0 aliphatic heterocycles. The molecule has 98 valence electrons. The van der Waals surface area contributed by atoms with Gasteiger partial charge in [-0.3, -0.25) is 10.4 Å². The predicted octanol–water partition coefficient (Wildman–Crippen LogP) is 1.70. The molecule has 2 unspecified atom stereocenters. The van der Waals surface area contributed by atoms with Gasteiger partial charge in [0.1, 0.15) is 23.4 Å². The van der Waals surface area contributed by atoms with Crippen molar-refractivity contribution in [3.63, 3.8) is 0 Å². The molecule has 1 saturated carbocycles. The van der Waals surface area contributed by atoms with E-state index in [0.29, 0.717) is 5.69 Å². The number of amidine groups is 1. The molecule has 1 aliphatic carbocycles. The van der Waals surface area contributed by atoms with Gasteiger partial charge in [-0.15, -0.1) is 0 Å². The monoisotopic (exact) mass is 249 g/mol. The highest BCUT2D eigenvalue weighted by molar-refractivity contribution is 5.93. The van der Waals surface area contributed by atoms with Gasteiger partial charge in [0.15, 0.2) is 0 Å². The van der Waals surface area contributed by atoms with E-state index in [2.05, 4.69) is 4.98 Å². The number of nitrogens with one attached hydrogen (secondary N) is 1. The molecule has 0 bridgehead atoms. The van der Waals surface area contributed by atoms with E-state index >= 15 is 0 Å². The number of pyridine rings is 1. The average molecular weight is 249 g/mol. The molecule has 1 heterocycles. The summed E-state index contributed by atoms with van der Waals surface area (Å²) < 4.78 is 11.3. The molecule has 1 aliphatic rings. The van der Waals surface area contributed by atoms with Crippen LogP contribution in [0, 0.1) is 5.41 Å². The molecule has 1 aromatic heterocycles. The molecule has 1 fully saturated rings. The van der Waals surface area contributed by atoms with E-state index in [1.807, 2.05) is 0 Å². The van der Waals surface area contributed by atoms with Gasteiger partial charge in [0, 0.05) is 25.8 Å². The van der Waals surface area contributed by atoms with Crippen LogP contribution in [0.3, 0.4) is 0 Å². The highest BCUT2D eigenvalue weighted by Crippen LogP contribution is 2.25. The molecule has 0 amide bonds. The van der Waals surface area contributed by atoms with Gasteiger partial charge in [-0.25, -0.2) is 0 Å². The topological polar surface area (TPSA) is 81.2 Å². The van der Waals surface area contributed by atoms with Gasteiger partial charge in [0.05, 0.1) is 6.10 Å². The number of hydrogen-bond donors (Lipinski definition) is 2. The minimum atomic E-state index is -0.0427. The van der Waals surface area contributed by atoms with Crippen LogP contribution < -0.4 is 10.5 Å². The van der Waals surface area contributed by atoms with Crippen molar-refractivity contribution in [2.24, 2.45) is 5.73 Å². The highest BCUT2D eigenvalue weighted by Gasteiger charge is 2.23. The van der Waals surface area contributed by atoms with Crippen molar-refractivity contribution in [3.05, 3.63) is 24.0 Å². The second-order valence-electron chi connectivity index (χ2n) is 4.55. The maximum Gasteiger partial charge on any atom is 0.141 e. The molecule has 3 N–H and O–H groups in total. The molecule has 2 atom stereocenters. The number of rotatable bonds is 4. The molecule has 0 aromatic carbocycles. The lowest BCUT2D eigenvalue weighted by molar-refractivity contribution is 0.0209. The Kier molecular flexibility index (Phi) is 4.15.